The zero-order chi connectivity index (χ0) is 25.3. The second-order valence-electron chi connectivity index (χ2n) is 12.7. The first-order chi connectivity index (χ1) is 18.8. The molecule has 0 N–H and O–H groups in total. The summed E-state index contributed by atoms with van der Waals surface area (Å²) in [6.45, 7) is 0. The number of furan rings is 1. The van der Waals surface area contributed by atoms with E-state index in [1.807, 2.05) is 0 Å². The monoisotopic (exact) mass is 507 g/mol. The maximum atomic E-state index is 6.64. The molecule has 0 bridgehead atoms. The van der Waals surface area contributed by atoms with Crippen LogP contribution in [0, 0.1) is 11.8 Å². The van der Waals surface area contributed by atoms with Crippen LogP contribution in [-0.2, 0) is 6.42 Å². The van der Waals surface area contributed by atoms with Gasteiger partial charge >= 0.3 is 0 Å². The molecule has 2 nitrogen and oxygen atoms in total. The van der Waals surface area contributed by atoms with Gasteiger partial charge in [-0.05, 0) is 106 Å². The number of nitrogens with zero attached hydrogens (tertiary/aromatic N) is 1. The van der Waals surface area contributed by atoms with E-state index in [2.05, 4.69) is 53.5 Å². The molecule has 0 amide bonds. The number of aryl methyl sites for hydroxylation is 1. The minimum atomic E-state index is 0.625. The average molecular weight is 508 g/mol. The number of hydrogen-bond acceptors (Lipinski definition) is 2. The highest BCUT2D eigenvalue weighted by Gasteiger charge is 2.29. The minimum Gasteiger partial charge on any atom is -0.456 e. The fourth-order valence-electron chi connectivity index (χ4n) is 8.22. The van der Waals surface area contributed by atoms with Gasteiger partial charge in [0.1, 0.15) is 11.3 Å². The zero-order valence-electron chi connectivity index (χ0n) is 23.2. The van der Waals surface area contributed by atoms with Crippen molar-refractivity contribution in [3.63, 3.8) is 0 Å². The Balaban J connectivity index is 1.19. The van der Waals surface area contributed by atoms with Gasteiger partial charge in [0.25, 0.3) is 0 Å². The van der Waals surface area contributed by atoms with Gasteiger partial charge in [-0.15, -0.1) is 0 Å². The van der Waals surface area contributed by atoms with Gasteiger partial charge in [0.2, 0.25) is 0 Å². The maximum Gasteiger partial charge on any atom is 0.137 e. The summed E-state index contributed by atoms with van der Waals surface area (Å²) in [5.41, 5.74) is 8.70. The largest absolute Gasteiger partial charge is 0.456 e. The SMILES string of the molecule is C1=CC(C2CC=C(N(c3ccc4c5c(oc4c3)C=C(C3CCCCC3)CC5)C3CCCCC3)CC2)=CCC1. The van der Waals surface area contributed by atoms with Crippen molar-refractivity contribution in [2.45, 2.75) is 115 Å². The minimum absolute atomic E-state index is 0.625. The molecule has 2 heteroatoms. The third kappa shape index (κ3) is 4.85. The van der Waals surface area contributed by atoms with Crippen molar-refractivity contribution < 1.29 is 4.42 Å². The Morgan fingerprint density at radius 3 is 2.37 bits per heavy atom. The van der Waals surface area contributed by atoms with Crippen LogP contribution in [0.4, 0.5) is 5.69 Å². The number of hydrogen-bond donors (Lipinski definition) is 0. The average Bonchev–Trinajstić information content (AvgIpc) is 3.36. The molecule has 38 heavy (non-hydrogen) atoms. The molecular weight excluding hydrogens is 462 g/mol. The van der Waals surface area contributed by atoms with Crippen molar-refractivity contribution in [1.29, 1.82) is 0 Å². The van der Waals surface area contributed by atoms with Gasteiger partial charge in [0.05, 0.1) is 0 Å². The third-order valence-electron chi connectivity index (χ3n) is 10.3. The van der Waals surface area contributed by atoms with Crippen LogP contribution in [0.3, 0.4) is 0 Å². The molecule has 0 spiro atoms. The van der Waals surface area contributed by atoms with Crippen LogP contribution in [0.2, 0.25) is 0 Å². The van der Waals surface area contributed by atoms with Crippen LogP contribution in [-0.4, -0.2) is 6.04 Å². The molecule has 0 radical (unpaired) electrons. The van der Waals surface area contributed by atoms with E-state index in [1.165, 1.54) is 119 Å². The lowest BCUT2D eigenvalue weighted by Gasteiger charge is -2.40. The molecule has 2 saturated carbocycles. The number of fused-ring (bicyclic) bond motifs is 3. The Kier molecular flexibility index (Phi) is 7.07. The van der Waals surface area contributed by atoms with E-state index in [9.17, 15) is 0 Å². The van der Waals surface area contributed by atoms with Gasteiger partial charge in [-0.2, -0.15) is 0 Å². The van der Waals surface area contributed by atoms with Gasteiger partial charge < -0.3 is 9.32 Å². The summed E-state index contributed by atoms with van der Waals surface area (Å²) in [5, 5.41) is 1.35. The molecule has 200 valence electrons. The van der Waals surface area contributed by atoms with Crippen molar-refractivity contribution in [3.05, 3.63) is 70.7 Å². The highest BCUT2D eigenvalue weighted by Crippen LogP contribution is 2.42. The first-order valence-electron chi connectivity index (χ1n) is 15.9. The Morgan fingerprint density at radius 2 is 1.61 bits per heavy atom. The lowest BCUT2D eigenvalue weighted by molar-refractivity contribution is 0.394. The summed E-state index contributed by atoms with van der Waals surface area (Å²) >= 11 is 0. The normalized spacial score (nSPS) is 25.1. The summed E-state index contributed by atoms with van der Waals surface area (Å²) in [5.74, 6) is 2.65. The van der Waals surface area contributed by atoms with Crippen LogP contribution in [0.1, 0.15) is 114 Å². The van der Waals surface area contributed by atoms with Crippen molar-refractivity contribution in [3.8, 4) is 0 Å². The molecule has 1 unspecified atom stereocenters. The topological polar surface area (TPSA) is 16.4 Å². The van der Waals surface area contributed by atoms with E-state index in [-0.39, 0.29) is 0 Å². The third-order valence-corrected chi connectivity index (χ3v) is 10.3. The summed E-state index contributed by atoms with van der Waals surface area (Å²) in [6, 6.07) is 7.80. The van der Waals surface area contributed by atoms with Gasteiger partial charge in [-0.25, -0.2) is 0 Å². The molecule has 2 fully saturated rings. The van der Waals surface area contributed by atoms with Crippen LogP contribution in [0.25, 0.3) is 17.0 Å². The molecule has 0 aliphatic heterocycles. The molecular formula is C36H45NO. The van der Waals surface area contributed by atoms with Gasteiger partial charge in [-0.1, -0.05) is 68.4 Å². The fraction of sp³-hybridized carbons (Fsp3) is 0.556. The second-order valence-corrected chi connectivity index (χ2v) is 12.7. The van der Waals surface area contributed by atoms with Gasteiger partial charge in [0, 0.05) is 34.4 Å². The molecule has 5 aliphatic rings. The zero-order valence-corrected chi connectivity index (χ0v) is 23.2. The van der Waals surface area contributed by atoms with Crippen LogP contribution in [0.5, 0.6) is 0 Å². The molecule has 7 rings (SSSR count). The van der Waals surface area contributed by atoms with Crippen molar-refractivity contribution in [2.75, 3.05) is 4.90 Å². The van der Waals surface area contributed by atoms with Crippen LogP contribution in [0.15, 0.2) is 63.8 Å². The molecule has 2 aromatic rings. The molecule has 1 heterocycles. The van der Waals surface area contributed by atoms with Crippen LogP contribution >= 0.6 is 0 Å². The molecule has 1 aromatic carbocycles. The van der Waals surface area contributed by atoms with E-state index in [0.29, 0.717) is 12.0 Å². The Hall–Kier alpha value is -2.48. The van der Waals surface area contributed by atoms with Gasteiger partial charge in [-0.3, -0.25) is 0 Å². The number of benzene rings is 1. The second kappa shape index (κ2) is 10.9. The first kappa shape index (κ1) is 24.6. The Morgan fingerprint density at radius 1 is 0.763 bits per heavy atom. The Bertz CT molecular complexity index is 1270. The molecule has 0 saturated heterocycles. The number of rotatable bonds is 5. The van der Waals surface area contributed by atoms with Crippen molar-refractivity contribution >= 4 is 22.7 Å². The molecule has 1 atom stereocenters. The highest BCUT2D eigenvalue weighted by atomic mass is 16.3. The summed E-state index contributed by atoms with van der Waals surface area (Å²) in [7, 11) is 0. The Labute approximate surface area is 229 Å². The number of allylic oxidation sites excluding steroid dienone is 7. The van der Waals surface area contributed by atoms with Crippen molar-refractivity contribution in [1.82, 2.24) is 0 Å². The van der Waals surface area contributed by atoms with E-state index in [4.69, 9.17) is 4.42 Å². The fourth-order valence-corrected chi connectivity index (χ4v) is 8.22. The van der Waals surface area contributed by atoms with E-state index < -0.39 is 0 Å². The summed E-state index contributed by atoms with van der Waals surface area (Å²) in [4.78, 5) is 2.74. The van der Waals surface area contributed by atoms with Gasteiger partial charge in [0.15, 0.2) is 0 Å². The lowest BCUT2D eigenvalue weighted by atomic mass is 9.79. The predicted octanol–water partition coefficient (Wildman–Crippen LogP) is 10.4. The first-order valence-corrected chi connectivity index (χ1v) is 15.9. The lowest BCUT2D eigenvalue weighted by Crippen LogP contribution is -2.37. The maximum absolute atomic E-state index is 6.64. The highest BCUT2D eigenvalue weighted by molar-refractivity contribution is 5.88. The molecule has 5 aliphatic carbocycles. The van der Waals surface area contributed by atoms with Crippen LogP contribution < -0.4 is 4.90 Å². The molecule has 1 aromatic heterocycles. The quantitative estimate of drug-likeness (QED) is 0.400. The van der Waals surface area contributed by atoms with E-state index in [0.717, 1.165) is 23.7 Å². The summed E-state index contributed by atoms with van der Waals surface area (Å²) < 4.78 is 6.64. The smallest absolute Gasteiger partial charge is 0.137 e. The van der Waals surface area contributed by atoms with E-state index >= 15 is 0 Å². The standard InChI is InChI=1S/C36H45NO/c1-4-10-26(11-5-1)28-16-19-31(20-17-28)37(30-14-8-3-9-15-30)32-21-23-34-33-22-18-29(27-12-6-2-7-13-27)24-35(33)38-36(34)25-32/h4,10-11,19,21,23-25,27-28,30H,1-3,5-9,12-18,20,22H2. The predicted molar refractivity (Wildman–Crippen MR) is 160 cm³/mol. The van der Waals surface area contributed by atoms with E-state index in [1.54, 1.807) is 16.8 Å². The van der Waals surface area contributed by atoms with Crippen molar-refractivity contribution in [2.24, 2.45) is 11.8 Å². The summed E-state index contributed by atoms with van der Waals surface area (Å²) in [6.07, 6.45) is 34.5. The number of anilines is 1.